The molecular weight excluding hydrogens is 326 g/mol. The van der Waals surface area contributed by atoms with Crippen molar-refractivity contribution >= 4 is 15.9 Å². The van der Waals surface area contributed by atoms with E-state index in [2.05, 4.69) is 56.8 Å². The lowest BCUT2D eigenvalue weighted by molar-refractivity contribution is 0.691. The smallest absolute Gasteiger partial charge is 0.0645 e. The highest BCUT2D eigenvalue weighted by Gasteiger charge is 2.14. The van der Waals surface area contributed by atoms with Crippen LogP contribution in [0, 0.1) is 0 Å². The van der Waals surface area contributed by atoms with Crippen LogP contribution in [-0.4, -0.2) is 16.8 Å². The molecular formula is C17H16BrN3. The van der Waals surface area contributed by atoms with Crippen LogP contribution in [0.3, 0.4) is 0 Å². The van der Waals surface area contributed by atoms with E-state index in [4.69, 9.17) is 0 Å². The molecule has 3 aromatic rings. The second-order valence-corrected chi connectivity index (χ2v) is 5.74. The van der Waals surface area contributed by atoms with Crippen LogP contribution in [0.1, 0.15) is 17.2 Å². The summed E-state index contributed by atoms with van der Waals surface area (Å²) in [7, 11) is 1.96. The monoisotopic (exact) mass is 341 g/mol. The maximum absolute atomic E-state index is 4.47. The normalized spacial score (nSPS) is 12.3. The number of hydrogen-bond acceptors (Lipinski definition) is 2. The summed E-state index contributed by atoms with van der Waals surface area (Å²) in [6, 6.07) is 18.6. The molecule has 21 heavy (non-hydrogen) atoms. The van der Waals surface area contributed by atoms with Gasteiger partial charge in [0.15, 0.2) is 0 Å². The van der Waals surface area contributed by atoms with Gasteiger partial charge in [0.2, 0.25) is 0 Å². The van der Waals surface area contributed by atoms with Gasteiger partial charge in [0.1, 0.15) is 0 Å². The van der Waals surface area contributed by atoms with Gasteiger partial charge in [-0.05, 0) is 36.9 Å². The zero-order valence-corrected chi connectivity index (χ0v) is 13.3. The molecule has 2 aromatic carbocycles. The van der Waals surface area contributed by atoms with Gasteiger partial charge in [-0.3, -0.25) is 0 Å². The van der Waals surface area contributed by atoms with Gasteiger partial charge in [0, 0.05) is 16.2 Å². The summed E-state index contributed by atoms with van der Waals surface area (Å²) >= 11 is 3.47. The lowest BCUT2D eigenvalue weighted by Gasteiger charge is -2.15. The zero-order chi connectivity index (χ0) is 14.7. The van der Waals surface area contributed by atoms with E-state index in [-0.39, 0.29) is 6.04 Å². The number of halogens is 1. The minimum absolute atomic E-state index is 0.135. The van der Waals surface area contributed by atoms with E-state index >= 15 is 0 Å². The molecule has 0 aliphatic carbocycles. The lowest BCUT2D eigenvalue weighted by Crippen LogP contribution is -2.17. The van der Waals surface area contributed by atoms with Crippen LogP contribution in [0.5, 0.6) is 0 Å². The molecule has 0 aliphatic heterocycles. The van der Waals surface area contributed by atoms with Gasteiger partial charge in [-0.1, -0.05) is 46.3 Å². The van der Waals surface area contributed by atoms with Gasteiger partial charge in [-0.2, -0.15) is 5.10 Å². The fourth-order valence-electron chi connectivity index (χ4n) is 2.39. The molecule has 1 aromatic heterocycles. The third kappa shape index (κ3) is 3.06. The number of hydrogen-bond donors (Lipinski definition) is 1. The molecule has 4 heteroatoms. The number of aromatic nitrogens is 2. The van der Waals surface area contributed by atoms with Gasteiger partial charge in [0.05, 0.1) is 17.9 Å². The Labute approximate surface area is 132 Å². The predicted molar refractivity (Wildman–Crippen MR) is 88.6 cm³/mol. The lowest BCUT2D eigenvalue weighted by atomic mass is 10.0. The highest BCUT2D eigenvalue weighted by molar-refractivity contribution is 9.10. The second-order valence-electron chi connectivity index (χ2n) is 4.83. The van der Waals surface area contributed by atoms with Crippen molar-refractivity contribution in [1.82, 2.24) is 15.1 Å². The third-order valence-electron chi connectivity index (χ3n) is 3.45. The summed E-state index contributed by atoms with van der Waals surface area (Å²) in [6.45, 7) is 0. The van der Waals surface area contributed by atoms with Crippen molar-refractivity contribution in [2.45, 2.75) is 6.04 Å². The quantitative estimate of drug-likeness (QED) is 0.778. The Morgan fingerprint density at radius 2 is 1.71 bits per heavy atom. The Morgan fingerprint density at radius 3 is 2.38 bits per heavy atom. The van der Waals surface area contributed by atoms with Crippen molar-refractivity contribution < 1.29 is 0 Å². The van der Waals surface area contributed by atoms with Crippen LogP contribution < -0.4 is 5.32 Å². The van der Waals surface area contributed by atoms with Crippen molar-refractivity contribution in [3.05, 3.63) is 82.6 Å². The molecule has 0 spiro atoms. The minimum Gasteiger partial charge on any atom is -0.309 e. The molecule has 3 nitrogen and oxygen atoms in total. The van der Waals surface area contributed by atoms with Crippen molar-refractivity contribution in [3.8, 4) is 5.69 Å². The number of para-hydroxylation sites is 1. The number of rotatable bonds is 4. The van der Waals surface area contributed by atoms with Crippen molar-refractivity contribution in [2.75, 3.05) is 7.05 Å². The molecule has 0 bridgehead atoms. The first-order valence-electron chi connectivity index (χ1n) is 6.80. The van der Waals surface area contributed by atoms with Crippen LogP contribution in [0.15, 0.2) is 71.5 Å². The van der Waals surface area contributed by atoms with Crippen molar-refractivity contribution in [2.24, 2.45) is 0 Å². The molecule has 1 atom stereocenters. The average molecular weight is 342 g/mol. The van der Waals surface area contributed by atoms with Crippen LogP contribution in [0.2, 0.25) is 0 Å². The summed E-state index contributed by atoms with van der Waals surface area (Å²) in [4.78, 5) is 0. The Hall–Kier alpha value is -1.91. The fraction of sp³-hybridized carbons (Fsp3) is 0.118. The summed E-state index contributed by atoms with van der Waals surface area (Å²) in [6.07, 6.45) is 3.98. The standard InChI is InChI=1S/C17H16BrN3/c1-19-17(13-7-9-15(18)10-8-13)14-11-20-21(12-14)16-5-3-2-4-6-16/h2-12,17,19H,1H3. The molecule has 0 radical (unpaired) electrons. The Morgan fingerprint density at radius 1 is 1.00 bits per heavy atom. The van der Waals surface area contributed by atoms with Crippen LogP contribution in [0.25, 0.3) is 5.69 Å². The predicted octanol–water partition coefficient (Wildman–Crippen LogP) is 3.94. The fourth-order valence-corrected chi connectivity index (χ4v) is 2.65. The van der Waals surface area contributed by atoms with Gasteiger partial charge in [-0.25, -0.2) is 4.68 Å². The first-order chi connectivity index (χ1) is 10.3. The molecule has 106 valence electrons. The third-order valence-corrected chi connectivity index (χ3v) is 3.98. The molecule has 3 rings (SSSR count). The summed E-state index contributed by atoms with van der Waals surface area (Å²) in [5, 5.41) is 7.82. The minimum atomic E-state index is 0.135. The molecule has 0 amide bonds. The number of nitrogens with one attached hydrogen (secondary N) is 1. The molecule has 0 saturated carbocycles. The van der Waals surface area contributed by atoms with E-state index in [1.54, 1.807) is 0 Å². The number of benzene rings is 2. The summed E-state index contributed by atoms with van der Waals surface area (Å²) in [5.41, 5.74) is 3.42. The van der Waals surface area contributed by atoms with E-state index in [0.717, 1.165) is 15.7 Å². The molecule has 0 fully saturated rings. The van der Waals surface area contributed by atoms with Crippen molar-refractivity contribution in [1.29, 1.82) is 0 Å². The van der Waals surface area contributed by atoms with E-state index in [0.29, 0.717) is 0 Å². The first kappa shape index (κ1) is 14.0. The SMILES string of the molecule is CNC(c1ccc(Br)cc1)c1cnn(-c2ccccc2)c1. The highest BCUT2D eigenvalue weighted by atomic mass is 79.9. The zero-order valence-electron chi connectivity index (χ0n) is 11.7. The highest BCUT2D eigenvalue weighted by Crippen LogP contribution is 2.23. The van der Waals surface area contributed by atoms with E-state index in [1.165, 1.54) is 5.56 Å². The van der Waals surface area contributed by atoms with E-state index in [9.17, 15) is 0 Å². The maximum atomic E-state index is 4.47. The Bertz CT molecular complexity index is 704. The maximum Gasteiger partial charge on any atom is 0.0645 e. The largest absolute Gasteiger partial charge is 0.309 e. The van der Waals surface area contributed by atoms with Gasteiger partial charge in [0.25, 0.3) is 0 Å². The number of nitrogens with zero attached hydrogens (tertiary/aromatic N) is 2. The average Bonchev–Trinajstić information content (AvgIpc) is 3.00. The summed E-state index contributed by atoms with van der Waals surface area (Å²) in [5.74, 6) is 0. The van der Waals surface area contributed by atoms with Crippen LogP contribution in [-0.2, 0) is 0 Å². The topological polar surface area (TPSA) is 29.9 Å². The Balaban J connectivity index is 1.92. The van der Waals surface area contributed by atoms with E-state index in [1.807, 2.05) is 48.3 Å². The van der Waals surface area contributed by atoms with E-state index < -0.39 is 0 Å². The molecule has 1 N–H and O–H groups in total. The van der Waals surface area contributed by atoms with Gasteiger partial charge in [-0.15, -0.1) is 0 Å². The molecule has 0 saturated heterocycles. The molecule has 1 unspecified atom stereocenters. The van der Waals surface area contributed by atoms with Crippen molar-refractivity contribution in [3.63, 3.8) is 0 Å². The second kappa shape index (κ2) is 6.24. The molecule has 1 heterocycles. The summed E-state index contributed by atoms with van der Waals surface area (Å²) < 4.78 is 2.99. The Kier molecular flexibility index (Phi) is 4.18. The van der Waals surface area contributed by atoms with Gasteiger partial charge >= 0.3 is 0 Å². The molecule has 0 aliphatic rings. The van der Waals surface area contributed by atoms with Crippen LogP contribution in [0.4, 0.5) is 0 Å². The van der Waals surface area contributed by atoms with Crippen LogP contribution >= 0.6 is 15.9 Å². The van der Waals surface area contributed by atoms with Gasteiger partial charge < -0.3 is 5.32 Å². The first-order valence-corrected chi connectivity index (χ1v) is 7.60.